The van der Waals surface area contributed by atoms with Gasteiger partial charge in [0.2, 0.25) is 11.8 Å². The van der Waals surface area contributed by atoms with Gasteiger partial charge in [-0.25, -0.2) is 0 Å². The third-order valence-corrected chi connectivity index (χ3v) is 2.81. The van der Waals surface area contributed by atoms with Crippen LogP contribution in [0.2, 0.25) is 0 Å². The number of carbonyl (C=O) groups is 2. The molecule has 1 aromatic rings. The van der Waals surface area contributed by atoms with Crippen LogP contribution >= 0.6 is 12.2 Å². The largest absolute Gasteiger partial charge is 0.492 e. The van der Waals surface area contributed by atoms with Crippen molar-refractivity contribution < 1.29 is 14.3 Å². The lowest BCUT2D eigenvalue weighted by molar-refractivity contribution is -0.122. The molecule has 0 atom stereocenters. The van der Waals surface area contributed by atoms with Crippen molar-refractivity contribution in [3.8, 4) is 5.75 Å². The molecular formula is C13H18N4O3S. The molecule has 7 nitrogen and oxygen atoms in total. The summed E-state index contributed by atoms with van der Waals surface area (Å²) < 4.78 is 5.50. The fourth-order valence-corrected chi connectivity index (χ4v) is 1.80. The van der Waals surface area contributed by atoms with E-state index in [0.717, 1.165) is 5.56 Å². The van der Waals surface area contributed by atoms with E-state index in [1.807, 2.05) is 0 Å². The van der Waals surface area contributed by atoms with Crippen LogP contribution in [-0.2, 0) is 9.59 Å². The Bertz CT molecular complexity index is 503. The number of carbonyl (C=O) groups excluding carboxylic acids is 2. The molecule has 0 saturated heterocycles. The van der Waals surface area contributed by atoms with Gasteiger partial charge in [0.1, 0.15) is 17.3 Å². The molecule has 0 heterocycles. The van der Waals surface area contributed by atoms with E-state index in [1.165, 1.54) is 4.90 Å². The second-order valence-electron chi connectivity index (χ2n) is 4.38. The Labute approximate surface area is 128 Å². The Kier molecular flexibility index (Phi) is 6.57. The Morgan fingerprint density at radius 3 is 2.00 bits per heavy atom. The van der Waals surface area contributed by atoms with Crippen molar-refractivity contribution in [2.75, 3.05) is 26.2 Å². The molecule has 0 aliphatic heterocycles. The number of rotatable bonds is 9. The number of primary amides is 2. The molecule has 2 amide bonds. The Hall–Kier alpha value is -2.19. The molecule has 0 aromatic heterocycles. The molecular weight excluding hydrogens is 292 g/mol. The number of amides is 2. The van der Waals surface area contributed by atoms with Gasteiger partial charge in [-0.3, -0.25) is 14.5 Å². The van der Waals surface area contributed by atoms with E-state index < -0.39 is 11.8 Å². The minimum absolute atomic E-state index is 0.0489. The zero-order valence-corrected chi connectivity index (χ0v) is 12.3. The van der Waals surface area contributed by atoms with E-state index in [9.17, 15) is 9.59 Å². The van der Waals surface area contributed by atoms with Crippen LogP contribution in [0.4, 0.5) is 0 Å². The van der Waals surface area contributed by atoms with Crippen molar-refractivity contribution >= 4 is 29.0 Å². The van der Waals surface area contributed by atoms with Crippen LogP contribution in [0.5, 0.6) is 5.75 Å². The van der Waals surface area contributed by atoms with Crippen molar-refractivity contribution in [2.24, 2.45) is 17.2 Å². The Balaban J connectivity index is 2.47. The van der Waals surface area contributed by atoms with Crippen molar-refractivity contribution in [3.05, 3.63) is 29.8 Å². The van der Waals surface area contributed by atoms with Crippen molar-refractivity contribution in [3.63, 3.8) is 0 Å². The van der Waals surface area contributed by atoms with Gasteiger partial charge in [0.25, 0.3) is 0 Å². The van der Waals surface area contributed by atoms with Gasteiger partial charge < -0.3 is 21.9 Å². The first kappa shape index (κ1) is 16.9. The highest BCUT2D eigenvalue weighted by Gasteiger charge is 2.11. The van der Waals surface area contributed by atoms with E-state index in [-0.39, 0.29) is 19.7 Å². The molecule has 0 unspecified atom stereocenters. The molecule has 21 heavy (non-hydrogen) atoms. The minimum Gasteiger partial charge on any atom is -0.492 e. The maximum absolute atomic E-state index is 10.9. The molecule has 6 N–H and O–H groups in total. The number of nitrogens with two attached hydrogens (primary N) is 3. The lowest BCUT2D eigenvalue weighted by Gasteiger charge is -2.19. The highest BCUT2D eigenvalue weighted by molar-refractivity contribution is 7.80. The van der Waals surface area contributed by atoms with Crippen LogP contribution in [0, 0.1) is 0 Å². The molecule has 1 aromatic carbocycles. The van der Waals surface area contributed by atoms with Gasteiger partial charge in [-0.15, -0.1) is 0 Å². The summed E-state index contributed by atoms with van der Waals surface area (Å²) in [5.41, 5.74) is 16.4. The van der Waals surface area contributed by atoms with Crippen molar-refractivity contribution in [1.82, 2.24) is 4.90 Å². The summed E-state index contributed by atoms with van der Waals surface area (Å²) in [6, 6.07) is 6.98. The smallest absolute Gasteiger partial charge is 0.231 e. The molecule has 0 aliphatic rings. The summed E-state index contributed by atoms with van der Waals surface area (Å²) in [7, 11) is 0. The third kappa shape index (κ3) is 6.68. The fourth-order valence-electron chi connectivity index (χ4n) is 1.66. The van der Waals surface area contributed by atoms with Gasteiger partial charge in [0.05, 0.1) is 13.1 Å². The average molecular weight is 310 g/mol. The standard InChI is InChI=1S/C13H18N4O3S/c14-11(18)7-17(8-12(15)19)5-6-20-10-3-1-9(2-4-10)13(16)21/h1-4H,5-8H2,(H2,14,18)(H2,15,19)(H2,16,21). The van der Waals surface area contributed by atoms with E-state index >= 15 is 0 Å². The highest BCUT2D eigenvalue weighted by atomic mass is 32.1. The summed E-state index contributed by atoms with van der Waals surface area (Å²) in [5, 5.41) is 0. The summed E-state index contributed by atoms with van der Waals surface area (Å²) in [5.74, 6) is -0.428. The molecule has 1 rings (SSSR count). The summed E-state index contributed by atoms with van der Waals surface area (Å²) >= 11 is 4.85. The first-order valence-electron chi connectivity index (χ1n) is 6.20. The van der Waals surface area contributed by atoms with Crippen LogP contribution < -0.4 is 21.9 Å². The molecule has 0 saturated carbocycles. The van der Waals surface area contributed by atoms with Gasteiger partial charge in [-0.1, -0.05) is 12.2 Å². The quantitative estimate of drug-likeness (QED) is 0.501. The normalized spacial score (nSPS) is 10.3. The van der Waals surface area contributed by atoms with Gasteiger partial charge in [-0.05, 0) is 24.3 Å². The molecule has 114 valence electrons. The number of nitrogens with zero attached hydrogens (tertiary/aromatic N) is 1. The maximum atomic E-state index is 10.9. The van der Waals surface area contributed by atoms with Crippen LogP contribution in [0.3, 0.4) is 0 Å². The molecule has 0 aliphatic carbocycles. The van der Waals surface area contributed by atoms with Crippen LogP contribution in [0.25, 0.3) is 0 Å². The van der Waals surface area contributed by atoms with E-state index in [4.69, 9.17) is 34.2 Å². The lowest BCUT2D eigenvalue weighted by Crippen LogP contribution is -2.41. The van der Waals surface area contributed by atoms with Crippen LogP contribution in [0.15, 0.2) is 24.3 Å². The molecule has 8 heteroatoms. The predicted molar refractivity (Wildman–Crippen MR) is 82.7 cm³/mol. The fraction of sp³-hybridized carbons (Fsp3) is 0.308. The SMILES string of the molecule is NC(=O)CN(CCOc1ccc(C(N)=S)cc1)CC(N)=O. The predicted octanol–water partition coefficient (Wildman–Crippen LogP) is -1.03. The number of ether oxygens (including phenoxy) is 1. The van der Waals surface area contributed by atoms with Gasteiger partial charge in [0.15, 0.2) is 0 Å². The van der Waals surface area contributed by atoms with Crippen LogP contribution in [0.1, 0.15) is 5.56 Å². The molecule has 0 bridgehead atoms. The molecule has 0 radical (unpaired) electrons. The first-order chi connectivity index (χ1) is 9.88. The Morgan fingerprint density at radius 1 is 1.05 bits per heavy atom. The number of thiocarbonyl (C=S) groups is 1. The first-order valence-corrected chi connectivity index (χ1v) is 6.61. The van der Waals surface area contributed by atoms with Crippen LogP contribution in [-0.4, -0.2) is 47.9 Å². The Morgan fingerprint density at radius 2 is 1.57 bits per heavy atom. The zero-order valence-electron chi connectivity index (χ0n) is 11.5. The highest BCUT2D eigenvalue weighted by Crippen LogP contribution is 2.12. The second kappa shape index (κ2) is 8.18. The topological polar surface area (TPSA) is 125 Å². The monoisotopic (exact) mass is 310 g/mol. The number of benzene rings is 1. The summed E-state index contributed by atoms with van der Waals surface area (Å²) in [4.78, 5) is 23.6. The lowest BCUT2D eigenvalue weighted by atomic mass is 10.2. The minimum atomic E-state index is -0.530. The van der Waals surface area contributed by atoms with E-state index in [0.29, 0.717) is 17.3 Å². The second-order valence-corrected chi connectivity index (χ2v) is 4.82. The van der Waals surface area contributed by atoms with E-state index in [1.54, 1.807) is 24.3 Å². The van der Waals surface area contributed by atoms with Gasteiger partial charge in [0, 0.05) is 12.1 Å². The molecule has 0 fully saturated rings. The number of hydrogen-bond acceptors (Lipinski definition) is 5. The third-order valence-electron chi connectivity index (χ3n) is 2.57. The number of hydrogen-bond donors (Lipinski definition) is 3. The van der Waals surface area contributed by atoms with Gasteiger partial charge in [-0.2, -0.15) is 0 Å². The average Bonchev–Trinajstić information content (AvgIpc) is 2.37. The van der Waals surface area contributed by atoms with Crippen molar-refractivity contribution in [2.45, 2.75) is 0 Å². The zero-order chi connectivity index (χ0) is 15.8. The summed E-state index contributed by atoms with van der Waals surface area (Å²) in [6.45, 7) is 0.537. The van der Waals surface area contributed by atoms with Gasteiger partial charge >= 0.3 is 0 Å². The summed E-state index contributed by atoms with van der Waals surface area (Å²) in [6.07, 6.45) is 0. The van der Waals surface area contributed by atoms with E-state index in [2.05, 4.69) is 0 Å². The van der Waals surface area contributed by atoms with Crippen molar-refractivity contribution in [1.29, 1.82) is 0 Å². The maximum Gasteiger partial charge on any atom is 0.231 e. The molecule has 0 spiro atoms.